The average molecular weight is 252 g/mol. The third-order valence-corrected chi connectivity index (χ3v) is 2.76. The zero-order valence-electron chi connectivity index (χ0n) is 10.9. The Bertz CT molecular complexity index is 592. The third-order valence-electron chi connectivity index (χ3n) is 2.76. The second-order valence-corrected chi connectivity index (χ2v) is 4.18. The molecule has 2 aromatic rings. The van der Waals surface area contributed by atoms with Crippen molar-refractivity contribution in [2.24, 2.45) is 0 Å². The number of hydrogen-bond acceptors (Lipinski definition) is 2. The molecule has 2 heteroatoms. The van der Waals surface area contributed by atoms with Crippen molar-refractivity contribution in [2.45, 2.75) is 13.5 Å². The molecule has 0 aliphatic heterocycles. The van der Waals surface area contributed by atoms with E-state index >= 15 is 0 Å². The Morgan fingerprint density at radius 1 is 1.05 bits per heavy atom. The van der Waals surface area contributed by atoms with Crippen molar-refractivity contribution in [3.63, 3.8) is 0 Å². The molecular weight excluding hydrogens is 236 g/mol. The van der Waals surface area contributed by atoms with Gasteiger partial charge in [-0.1, -0.05) is 48.2 Å². The van der Waals surface area contributed by atoms with Crippen LogP contribution in [0, 0.1) is 18.8 Å². The molecule has 2 rings (SSSR count). The first-order valence-corrected chi connectivity index (χ1v) is 6.17. The summed E-state index contributed by atoms with van der Waals surface area (Å²) in [7, 11) is 0. The molecule has 1 N–H and O–H groups in total. The first-order valence-electron chi connectivity index (χ1n) is 6.17. The van der Waals surface area contributed by atoms with E-state index in [1.54, 1.807) is 0 Å². The maximum absolute atomic E-state index is 9.26. The van der Waals surface area contributed by atoms with Gasteiger partial charge in [-0.05, 0) is 24.6 Å². The van der Waals surface area contributed by atoms with Crippen molar-refractivity contribution in [1.82, 2.24) is 0 Å². The zero-order valence-corrected chi connectivity index (χ0v) is 10.9. The van der Waals surface area contributed by atoms with Crippen LogP contribution in [0.5, 0.6) is 5.75 Å². The van der Waals surface area contributed by atoms with Gasteiger partial charge in [0.2, 0.25) is 0 Å². The highest BCUT2D eigenvalue weighted by molar-refractivity contribution is 5.41. The van der Waals surface area contributed by atoms with Gasteiger partial charge < -0.3 is 9.84 Å². The van der Waals surface area contributed by atoms with E-state index in [4.69, 9.17) is 4.74 Å². The molecule has 0 aromatic heterocycles. The van der Waals surface area contributed by atoms with E-state index in [1.807, 2.05) is 55.5 Å². The van der Waals surface area contributed by atoms with Crippen LogP contribution >= 0.6 is 0 Å². The Balaban J connectivity index is 2.02. The van der Waals surface area contributed by atoms with Gasteiger partial charge in [0.05, 0.1) is 6.61 Å². The fourth-order valence-electron chi connectivity index (χ4n) is 1.81. The van der Waals surface area contributed by atoms with Crippen LogP contribution < -0.4 is 4.74 Å². The molecule has 0 amide bonds. The predicted octanol–water partition coefficient (Wildman–Crippen LogP) is 2.92. The van der Waals surface area contributed by atoms with E-state index in [9.17, 15) is 5.11 Å². The molecule has 0 aliphatic rings. The summed E-state index contributed by atoms with van der Waals surface area (Å²) in [5, 5.41) is 9.26. The van der Waals surface area contributed by atoms with Crippen LogP contribution in [0.25, 0.3) is 0 Å². The van der Waals surface area contributed by atoms with Crippen molar-refractivity contribution >= 4 is 0 Å². The van der Waals surface area contributed by atoms with Gasteiger partial charge in [-0.2, -0.15) is 0 Å². The monoisotopic (exact) mass is 252 g/mol. The highest BCUT2D eigenvalue weighted by atomic mass is 16.5. The summed E-state index contributed by atoms with van der Waals surface area (Å²) in [6, 6.07) is 15.5. The molecule has 0 saturated carbocycles. The minimum absolute atomic E-state index is 0.0247. The van der Waals surface area contributed by atoms with Gasteiger partial charge in [0, 0.05) is 11.1 Å². The van der Waals surface area contributed by atoms with E-state index in [-0.39, 0.29) is 6.61 Å². The molecule has 0 saturated heterocycles. The number of aliphatic hydroxyl groups excluding tert-OH is 1. The number of ether oxygens (including phenoxy) is 1. The van der Waals surface area contributed by atoms with Crippen LogP contribution in [-0.2, 0) is 6.61 Å². The Kier molecular flexibility index (Phi) is 4.60. The van der Waals surface area contributed by atoms with E-state index in [0.29, 0.717) is 6.61 Å². The number of para-hydroxylation sites is 1. The van der Waals surface area contributed by atoms with Crippen LogP contribution in [0.1, 0.15) is 16.7 Å². The second-order valence-electron chi connectivity index (χ2n) is 4.18. The lowest BCUT2D eigenvalue weighted by Gasteiger charge is -2.10. The van der Waals surface area contributed by atoms with Crippen molar-refractivity contribution < 1.29 is 9.84 Å². The van der Waals surface area contributed by atoms with Gasteiger partial charge in [-0.25, -0.2) is 0 Å². The maximum Gasteiger partial charge on any atom is 0.149 e. The van der Waals surface area contributed by atoms with Gasteiger partial charge in [-0.3, -0.25) is 0 Å². The summed E-state index contributed by atoms with van der Waals surface area (Å²) in [5.41, 5.74) is 2.77. The number of hydrogen-bond donors (Lipinski definition) is 1. The van der Waals surface area contributed by atoms with Crippen molar-refractivity contribution in [3.05, 3.63) is 65.2 Å². The van der Waals surface area contributed by atoms with Gasteiger partial charge in [0.25, 0.3) is 0 Å². The zero-order chi connectivity index (χ0) is 13.5. The lowest BCUT2D eigenvalue weighted by atomic mass is 10.1. The molecule has 19 heavy (non-hydrogen) atoms. The summed E-state index contributed by atoms with van der Waals surface area (Å²) in [6.07, 6.45) is 0. The highest BCUT2D eigenvalue weighted by Gasteiger charge is 2.04. The number of rotatable bonds is 3. The predicted molar refractivity (Wildman–Crippen MR) is 75.9 cm³/mol. The lowest BCUT2D eigenvalue weighted by Crippen LogP contribution is -2.00. The van der Waals surface area contributed by atoms with E-state index in [2.05, 4.69) is 11.8 Å². The van der Waals surface area contributed by atoms with Crippen molar-refractivity contribution in [1.29, 1.82) is 0 Å². The fourth-order valence-corrected chi connectivity index (χ4v) is 1.81. The molecule has 96 valence electrons. The lowest BCUT2D eigenvalue weighted by molar-refractivity contribution is 0.270. The Labute approximate surface area is 113 Å². The summed E-state index contributed by atoms with van der Waals surface area (Å²) in [4.78, 5) is 0. The largest absolute Gasteiger partial charge is 0.480 e. The number of aryl methyl sites for hydroxylation is 1. The molecule has 0 aliphatic carbocycles. The smallest absolute Gasteiger partial charge is 0.149 e. The number of aliphatic hydroxyl groups is 1. The van der Waals surface area contributed by atoms with Crippen LogP contribution in [0.15, 0.2) is 48.5 Å². The maximum atomic E-state index is 9.26. The molecule has 0 radical (unpaired) electrons. The molecule has 0 fully saturated rings. The number of benzene rings is 2. The molecule has 0 spiro atoms. The van der Waals surface area contributed by atoms with Crippen LogP contribution in [0.4, 0.5) is 0 Å². The first kappa shape index (κ1) is 13.2. The normalized spacial score (nSPS) is 9.58. The standard InChI is InChI=1S/C17H16O2/c1-14-7-5-11-16(13-18)17(14)19-12-6-10-15-8-3-2-4-9-15/h2-5,7-9,11,18H,12-13H2,1H3. The average Bonchev–Trinajstić information content (AvgIpc) is 2.46. The van der Waals surface area contributed by atoms with Gasteiger partial charge in [0.1, 0.15) is 12.4 Å². The van der Waals surface area contributed by atoms with Crippen LogP contribution in [-0.4, -0.2) is 11.7 Å². The SMILES string of the molecule is Cc1cccc(CO)c1OCC#Cc1ccccc1. The summed E-state index contributed by atoms with van der Waals surface area (Å²) in [6.45, 7) is 2.25. The molecule has 2 nitrogen and oxygen atoms in total. The van der Waals surface area contributed by atoms with Gasteiger partial charge >= 0.3 is 0 Å². The molecule has 0 heterocycles. The molecule has 0 unspecified atom stereocenters. The van der Waals surface area contributed by atoms with Crippen molar-refractivity contribution in [2.75, 3.05) is 6.61 Å². The molecule has 0 bridgehead atoms. The molecular formula is C17H16O2. The van der Waals surface area contributed by atoms with Crippen molar-refractivity contribution in [3.8, 4) is 17.6 Å². The molecule has 0 atom stereocenters. The highest BCUT2D eigenvalue weighted by Crippen LogP contribution is 2.23. The Morgan fingerprint density at radius 3 is 2.58 bits per heavy atom. The van der Waals surface area contributed by atoms with Crippen LogP contribution in [0.2, 0.25) is 0 Å². The second kappa shape index (κ2) is 6.63. The topological polar surface area (TPSA) is 29.5 Å². The van der Waals surface area contributed by atoms with E-state index in [0.717, 1.165) is 22.4 Å². The quantitative estimate of drug-likeness (QED) is 0.851. The minimum Gasteiger partial charge on any atom is -0.480 e. The summed E-state index contributed by atoms with van der Waals surface area (Å²) < 4.78 is 5.65. The molecule has 2 aromatic carbocycles. The van der Waals surface area contributed by atoms with Gasteiger partial charge in [0.15, 0.2) is 0 Å². The third kappa shape index (κ3) is 3.61. The van der Waals surface area contributed by atoms with E-state index < -0.39 is 0 Å². The van der Waals surface area contributed by atoms with Gasteiger partial charge in [-0.15, -0.1) is 0 Å². The Hall–Kier alpha value is -2.24. The first-order chi connectivity index (χ1) is 9.31. The summed E-state index contributed by atoms with van der Waals surface area (Å²) >= 11 is 0. The van der Waals surface area contributed by atoms with E-state index in [1.165, 1.54) is 0 Å². The Morgan fingerprint density at radius 2 is 1.84 bits per heavy atom. The summed E-state index contributed by atoms with van der Waals surface area (Å²) in [5.74, 6) is 6.74. The minimum atomic E-state index is -0.0247. The van der Waals surface area contributed by atoms with Crippen LogP contribution in [0.3, 0.4) is 0 Å². The fraction of sp³-hybridized carbons (Fsp3) is 0.176.